The van der Waals surface area contributed by atoms with Gasteiger partial charge in [0.2, 0.25) is 5.76 Å². The molecule has 0 bridgehead atoms. The predicted molar refractivity (Wildman–Crippen MR) is 100 cm³/mol. The summed E-state index contributed by atoms with van der Waals surface area (Å²) in [5, 5.41) is 12.6. The van der Waals surface area contributed by atoms with Crippen LogP contribution in [0.15, 0.2) is 22.6 Å². The number of halogens is 5. The number of nitrogens with one attached hydrogen (secondary N) is 1. The van der Waals surface area contributed by atoms with Gasteiger partial charge in [0.1, 0.15) is 11.7 Å². The summed E-state index contributed by atoms with van der Waals surface area (Å²) >= 11 is 0. The van der Waals surface area contributed by atoms with E-state index in [1.54, 1.807) is 0 Å². The number of amides is 1. The predicted octanol–water partition coefficient (Wildman–Crippen LogP) is 3.57. The Morgan fingerprint density at radius 1 is 1.29 bits per heavy atom. The normalized spacial score (nSPS) is 25.3. The third kappa shape index (κ3) is 4.20. The molecule has 0 unspecified atom stereocenters. The number of anilines is 1. The molecule has 2 atom stereocenters. The number of hydrogen-bond acceptors (Lipinski definition) is 5. The lowest BCUT2D eigenvalue weighted by Gasteiger charge is -2.39. The van der Waals surface area contributed by atoms with Crippen LogP contribution in [-0.4, -0.2) is 54.9 Å². The lowest BCUT2D eigenvalue weighted by Crippen LogP contribution is -2.52. The monoisotopic (exact) mass is 448 g/mol. The van der Waals surface area contributed by atoms with E-state index < -0.39 is 41.8 Å². The minimum Gasteiger partial charge on any atom is -0.449 e. The summed E-state index contributed by atoms with van der Waals surface area (Å²) in [4.78, 5) is 13.5. The smallest absolute Gasteiger partial charge is 0.416 e. The number of alkyl halides is 5. The summed E-state index contributed by atoms with van der Waals surface area (Å²) in [6, 6.07) is 2.67. The van der Waals surface area contributed by atoms with E-state index in [1.807, 2.05) is 0 Å². The van der Waals surface area contributed by atoms with Gasteiger partial charge in [0.25, 0.3) is 11.8 Å². The van der Waals surface area contributed by atoms with Crippen molar-refractivity contribution >= 4 is 22.6 Å². The van der Waals surface area contributed by atoms with Crippen LogP contribution in [0, 0.1) is 0 Å². The summed E-state index contributed by atoms with van der Waals surface area (Å²) in [5.41, 5.74) is -2.41. The second-order valence-corrected chi connectivity index (χ2v) is 8.24. The minimum absolute atomic E-state index is 0.00279. The molecule has 2 aromatic rings. The van der Waals surface area contributed by atoms with Gasteiger partial charge in [-0.25, -0.2) is 8.78 Å². The van der Waals surface area contributed by atoms with Crippen molar-refractivity contribution in [2.24, 2.45) is 0 Å². The van der Waals surface area contributed by atoms with Gasteiger partial charge in [0, 0.05) is 31.5 Å². The van der Waals surface area contributed by atoms with Crippen molar-refractivity contribution in [2.75, 3.05) is 31.1 Å². The number of ether oxygens (including phenoxy) is 1. The van der Waals surface area contributed by atoms with E-state index in [4.69, 9.17) is 9.15 Å². The van der Waals surface area contributed by atoms with E-state index in [9.17, 15) is 23.1 Å². The van der Waals surface area contributed by atoms with Gasteiger partial charge in [-0.05, 0) is 31.5 Å². The summed E-state index contributed by atoms with van der Waals surface area (Å²) in [6.07, 6.45) is -6.29. The molecule has 0 aliphatic carbocycles. The second-order valence-electron chi connectivity index (χ2n) is 8.24. The van der Waals surface area contributed by atoms with Crippen LogP contribution in [0.5, 0.6) is 0 Å². The van der Waals surface area contributed by atoms with Gasteiger partial charge >= 0.3 is 6.18 Å². The largest absolute Gasteiger partial charge is 0.449 e. The quantitative estimate of drug-likeness (QED) is 0.703. The minimum atomic E-state index is -4.65. The average Bonchev–Trinajstić information content (AvgIpc) is 2.97. The summed E-state index contributed by atoms with van der Waals surface area (Å²) in [7, 11) is 0. The number of benzene rings is 1. The van der Waals surface area contributed by atoms with Crippen LogP contribution in [0.25, 0.3) is 11.0 Å². The molecular formula is C20H21F5N2O4. The van der Waals surface area contributed by atoms with Crippen molar-refractivity contribution in [2.45, 2.75) is 43.6 Å². The zero-order valence-corrected chi connectivity index (χ0v) is 16.6. The van der Waals surface area contributed by atoms with Crippen molar-refractivity contribution in [1.29, 1.82) is 0 Å². The van der Waals surface area contributed by atoms with Crippen LogP contribution in [0.4, 0.5) is 27.6 Å². The molecule has 11 heteroatoms. The van der Waals surface area contributed by atoms with Gasteiger partial charge in [0.15, 0.2) is 0 Å². The van der Waals surface area contributed by atoms with Crippen molar-refractivity contribution < 1.29 is 41.0 Å². The summed E-state index contributed by atoms with van der Waals surface area (Å²) < 4.78 is 80.6. The first-order valence-electron chi connectivity index (χ1n) is 9.76. The van der Waals surface area contributed by atoms with E-state index in [-0.39, 0.29) is 55.0 Å². The Hall–Kier alpha value is -2.40. The van der Waals surface area contributed by atoms with E-state index in [0.717, 1.165) is 23.1 Å². The topological polar surface area (TPSA) is 74.9 Å². The van der Waals surface area contributed by atoms with Crippen LogP contribution in [-0.2, 0) is 10.9 Å². The molecule has 1 saturated heterocycles. The molecule has 3 heterocycles. The summed E-state index contributed by atoms with van der Waals surface area (Å²) in [6.45, 7) is 0.432. The molecule has 1 aromatic heterocycles. The van der Waals surface area contributed by atoms with E-state index in [2.05, 4.69) is 5.32 Å². The SMILES string of the molecule is C[C@@]1(O)CCO[C@@H](C(F)(F)CN2CCNC(=O)c3oc4ccc(C(F)(F)F)cc4c32)C1. The fourth-order valence-corrected chi connectivity index (χ4v) is 3.99. The lowest BCUT2D eigenvalue weighted by molar-refractivity contribution is -0.186. The number of aliphatic hydroxyl groups is 1. The molecule has 2 N–H and O–H groups in total. The van der Waals surface area contributed by atoms with Crippen LogP contribution >= 0.6 is 0 Å². The van der Waals surface area contributed by atoms with Crippen molar-refractivity contribution in [3.05, 3.63) is 29.5 Å². The van der Waals surface area contributed by atoms with Gasteiger partial charge in [-0.15, -0.1) is 0 Å². The third-order valence-corrected chi connectivity index (χ3v) is 5.64. The second kappa shape index (κ2) is 7.33. The average molecular weight is 448 g/mol. The Bertz CT molecular complexity index is 1000. The molecule has 31 heavy (non-hydrogen) atoms. The molecule has 6 nitrogen and oxygen atoms in total. The van der Waals surface area contributed by atoms with Crippen LogP contribution in [0.1, 0.15) is 35.9 Å². The Morgan fingerprint density at radius 2 is 2.03 bits per heavy atom. The first-order chi connectivity index (χ1) is 14.4. The number of furan rings is 1. The molecule has 170 valence electrons. The van der Waals surface area contributed by atoms with Gasteiger partial charge in [-0.2, -0.15) is 13.2 Å². The Kier molecular flexibility index (Phi) is 5.16. The molecule has 2 aliphatic rings. The van der Waals surface area contributed by atoms with Crippen LogP contribution < -0.4 is 10.2 Å². The molecule has 1 amide bonds. The van der Waals surface area contributed by atoms with Gasteiger partial charge < -0.3 is 24.5 Å². The maximum atomic E-state index is 15.1. The number of carbonyl (C=O) groups excluding carboxylic acids is 1. The highest BCUT2D eigenvalue weighted by molar-refractivity contribution is 6.07. The fraction of sp³-hybridized carbons (Fsp3) is 0.550. The highest BCUT2D eigenvalue weighted by atomic mass is 19.4. The maximum absolute atomic E-state index is 15.1. The van der Waals surface area contributed by atoms with Gasteiger partial charge in [0.05, 0.1) is 23.4 Å². The van der Waals surface area contributed by atoms with Crippen LogP contribution in [0.2, 0.25) is 0 Å². The van der Waals surface area contributed by atoms with Crippen molar-refractivity contribution in [3.63, 3.8) is 0 Å². The van der Waals surface area contributed by atoms with E-state index in [1.165, 1.54) is 6.92 Å². The number of fused-ring (bicyclic) bond motifs is 3. The Balaban J connectivity index is 1.74. The van der Waals surface area contributed by atoms with E-state index in [0.29, 0.717) is 0 Å². The molecule has 2 aliphatic heterocycles. The highest BCUT2D eigenvalue weighted by Gasteiger charge is 2.48. The number of hydrogen-bond donors (Lipinski definition) is 2. The first-order valence-corrected chi connectivity index (χ1v) is 9.76. The number of nitrogens with zero attached hydrogens (tertiary/aromatic N) is 1. The molecule has 1 aromatic carbocycles. The molecule has 4 rings (SSSR count). The Labute approximate surface area is 173 Å². The fourth-order valence-electron chi connectivity index (χ4n) is 3.99. The van der Waals surface area contributed by atoms with Crippen molar-refractivity contribution in [1.82, 2.24) is 5.32 Å². The lowest BCUT2D eigenvalue weighted by atomic mass is 9.89. The number of rotatable bonds is 3. The summed E-state index contributed by atoms with van der Waals surface area (Å²) in [5.74, 6) is -4.46. The van der Waals surface area contributed by atoms with Crippen LogP contribution in [0.3, 0.4) is 0 Å². The zero-order chi connectivity index (χ0) is 22.6. The molecule has 0 spiro atoms. The molecular weight excluding hydrogens is 427 g/mol. The number of carbonyl (C=O) groups is 1. The first kappa shape index (κ1) is 21.8. The molecule has 1 fully saturated rings. The third-order valence-electron chi connectivity index (χ3n) is 5.64. The molecule has 0 radical (unpaired) electrons. The standard InChI is InChI=1S/C20H21F5N2O4/c1-18(29)4-7-30-14(9-18)19(21,22)10-27-6-5-26-17(28)16-15(27)12-8-11(20(23,24)25)2-3-13(12)31-16/h2-3,8,14,29H,4-7,9-10H2,1H3,(H,26,28)/t14-,18-/m1/s1. The van der Waals surface area contributed by atoms with Gasteiger partial charge in [-0.3, -0.25) is 4.79 Å². The Morgan fingerprint density at radius 3 is 2.71 bits per heavy atom. The maximum Gasteiger partial charge on any atom is 0.416 e. The highest BCUT2D eigenvalue weighted by Crippen LogP contribution is 2.41. The van der Waals surface area contributed by atoms with Crippen molar-refractivity contribution in [3.8, 4) is 0 Å². The zero-order valence-electron chi connectivity index (χ0n) is 16.6. The van der Waals surface area contributed by atoms with E-state index >= 15 is 8.78 Å². The molecule has 0 saturated carbocycles. The van der Waals surface area contributed by atoms with Gasteiger partial charge in [-0.1, -0.05) is 0 Å².